The first-order valence-electron chi connectivity index (χ1n) is 6.65. The molecule has 114 valence electrons. The van der Waals surface area contributed by atoms with Crippen LogP contribution in [0.2, 0.25) is 0 Å². The van der Waals surface area contributed by atoms with Crippen LogP contribution in [0.5, 0.6) is 5.75 Å². The number of aromatic hydroxyl groups is 1. The summed E-state index contributed by atoms with van der Waals surface area (Å²) in [5.41, 5.74) is 0.293. The quantitative estimate of drug-likeness (QED) is 0.832. The molecule has 21 heavy (non-hydrogen) atoms. The Bertz CT molecular complexity index is 529. The van der Waals surface area contributed by atoms with Crippen molar-refractivity contribution in [2.75, 3.05) is 13.1 Å². The van der Waals surface area contributed by atoms with Crippen molar-refractivity contribution in [1.29, 1.82) is 0 Å². The number of nitrogens with one attached hydrogen (secondary N) is 1. The Morgan fingerprint density at radius 1 is 1.24 bits per heavy atom. The van der Waals surface area contributed by atoms with Crippen LogP contribution >= 0.6 is 23.2 Å². The molecule has 0 aromatic heterocycles. The lowest BCUT2D eigenvalue weighted by molar-refractivity contribution is -0.120. The second-order valence-corrected chi connectivity index (χ2v) is 5.99. The number of carbonyl (C=O) groups excluding carboxylic acids is 2. The fourth-order valence-corrected chi connectivity index (χ4v) is 2.44. The van der Waals surface area contributed by atoms with E-state index in [1.54, 1.807) is 23.1 Å². The third-order valence-electron chi connectivity index (χ3n) is 3.46. The van der Waals surface area contributed by atoms with Crippen molar-refractivity contribution >= 4 is 35.0 Å². The van der Waals surface area contributed by atoms with E-state index in [4.69, 9.17) is 23.2 Å². The van der Waals surface area contributed by atoms with Crippen LogP contribution in [0.15, 0.2) is 24.3 Å². The van der Waals surface area contributed by atoms with Crippen LogP contribution in [0.1, 0.15) is 23.2 Å². The first-order valence-corrected chi connectivity index (χ1v) is 7.52. The first-order chi connectivity index (χ1) is 9.99. The molecule has 0 saturated carbocycles. The zero-order valence-corrected chi connectivity index (χ0v) is 12.8. The Morgan fingerprint density at radius 2 is 1.86 bits per heavy atom. The third kappa shape index (κ3) is 4.02. The molecule has 0 bridgehead atoms. The van der Waals surface area contributed by atoms with Gasteiger partial charge in [0.1, 0.15) is 5.75 Å². The highest BCUT2D eigenvalue weighted by Gasteiger charge is 2.26. The van der Waals surface area contributed by atoms with Crippen molar-refractivity contribution in [3.8, 4) is 5.75 Å². The van der Waals surface area contributed by atoms with E-state index >= 15 is 0 Å². The van der Waals surface area contributed by atoms with E-state index in [0.29, 0.717) is 31.5 Å². The molecule has 1 saturated heterocycles. The predicted molar refractivity (Wildman–Crippen MR) is 80.7 cm³/mol. The minimum Gasteiger partial charge on any atom is -0.507 e. The zero-order valence-electron chi connectivity index (χ0n) is 11.3. The van der Waals surface area contributed by atoms with Crippen LogP contribution in [0.25, 0.3) is 0 Å². The van der Waals surface area contributed by atoms with E-state index in [-0.39, 0.29) is 17.7 Å². The summed E-state index contributed by atoms with van der Waals surface area (Å²) in [6.45, 7) is 1.01. The van der Waals surface area contributed by atoms with Crippen LogP contribution in [-0.4, -0.2) is 45.8 Å². The molecule has 1 heterocycles. The van der Waals surface area contributed by atoms with E-state index in [1.807, 2.05) is 0 Å². The standard InChI is InChI=1S/C14H16Cl2N2O3/c15-12(16)13(20)17-9-5-7-18(8-6-9)14(21)10-3-1-2-4-11(10)19/h1-4,9,12,19H,5-8H2,(H,17,20). The average Bonchev–Trinajstić information content (AvgIpc) is 2.47. The van der Waals surface area contributed by atoms with Gasteiger partial charge in [0.2, 0.25) is 0 Å². The molecular formula is C14H16Cl2N2O3. The van der Waals surface area contributed by atoms with Gasteiger partial charge in [-0.1, -0.05) is 35.3 Å². The molecule has 1 aromatic carbocycles. The molecule has 0 unspecified atom stereocenters. The molecule has 0 aliphatic carbocycles. The van der Waals surface area contributed by atoms with Gasteiger partial charge in [-0.2, -0.15) is 0 Å². The van der Waals surface area contributed by atoms with Crippen molar-refractivity contribution in [3.63, 3.8) is 0 Å². The van der Waals surface area contributed by atoms with Crippen molar-refractivity contribution < 1.29 is 14.7 Å². The van der Waals surface area contributed by atoms with E-state index < -0.39 is 10.7 Å². The minimum absolute atomic E-state index is 0.0231. The van der Waals surface area contributed by atoms with Crippen molar-refractivity contribution in [3.05, 3.63) is 29.8 Å². The van der Waals surface area contributed by atoms with Crippen LogP contribution < -0.4 is 5.32 Å². The molecule has 0 atom stereocenters. The summed E-state index contributed by atoms with van der Waals surface area (Å²) in [4.78, 5) is 24.3. The molecule has 5 nitrogen and oxygen atoms in total. The number of amides is 2. The molecule has 1 aromatic rings. The number of para-hydroxylation sites is 1. The predicted octanol–water partition coefficient (Wildman–Crippen LogP) is 1.92. The van der Waals surface area contributed by atoms with Gasteiger partial charge in [0.25, 0.3) is 11.8 Å². The molecule has 1 fully saturated rings. The van der Waals surface area contributed by atoms with Gasteiger partial charge in [-0.25, -0.2) is 0 Å². The Labute approximate surface area is 132 Å². The number of carbonyl (C=O) groups is 2. The summed E-state index contributed by atoms with van der Waals surface area (Å²) in [5, 5.41) is 12.4. The second-order valence-electron chi connectivity index (χ2n) is 4.89. The van der Waals surface area contributed by atoms with Gasteiger partial charge in [-0.05, 0) is 25.0 Å². The Balaban J connectivity index is 1.91. The molecule has 2 N–H and O–H groups in total. The fourth-order valence-electron chi connectivity index (χ4n) is 2.32. The van der Waals surface area contributed by atoms with Gasteiger partial charge >= 0.3 is 0 Å². The molecule has 0 spiro atoms. The number of alkyl halides is 2. The molecule has 1 aliphatic rings. The topological polar surface area (TPSA) is 69.6 Å². The van der Waals surface area contributed by atoms with Gasteiger partial charge in [0.15, 0.2) is 4.84 Å². The molecule has 2 amide bonds. The lowest BCUT2D eigenvalue weighted by atomic mass is 10.0. The SMILES string of the molecule is O=C(NC1CCN(C(=O)c2ccccc2O)CC1)C(Cl)Cl. The number of benzene rings is 1. The molecule has 1 aliphatic heterocycles. The lowest BCUT2D eigenvalue weighted by Gasteiger charge is -2.32. The summed E-state index contributed by atoms with van der Waals surface area (Å²) < 4.78 is 0. The lowest BCUT2D eigenvalue weighted by Crippen LogP contribution is -2.47. The molecule has 0 radical (unpaired) electrons. The average molecular weight is 331 g/mol. The highest BCUT2D eigenvalue weighted by molar-refractivity contribution is 6.53. The van der Waals surface area contributed by atoms with Gasteiger partial charge in [-0.3, -0.25) is 9.59 Å². The van der Waals surface area contributed by atoms with Gasteiger partial charge in [0.05, 0.1) is 5.56 Å². The summed E-state index contributed by atoms with van der Waals surface area (Å²) in [5.74, 6) is -0.640. The molecule has 7 heteroatoms. The number of halogens is 2. The zero-order chi connectivity index (χ0) is 15.4. The number of rotatable bonds is 3. The maximum absolute atomic E-state index is 12.3. The smallest absolute Gasteiger partial charge is 0.257 e. The fraction of sp³-hybridized carbons (Fsp3) is 0.429. The number of hydrogen-bond acceptors (Lipinski definition) is 3. The molecule has 2 rings (SSSR count). The van der Waals surface area contributed by atoms with E-state index in [1.165, 1.54) is 6.07 Å². The normalized spacial score (nSPS) is 16.0. The highest BCUT2D eigenvalue weighted by Crippen LogP contribution is 2.20. The summed E-state index contributed by atoms with van der Waals surface area (Å²) in [7, 11) is 0. The van der Waals surface area contributed by atoms with Crippen molar-refractivity contribution in [2.24, 2.45) is 0 Å². The van der Waals surface area contributed by atoms with Gasteiger partial charge in [-0.15, -0.1) is 0 Å². The van der Waals surface area contributed by atoms with Crippen molar-refractivity contribution in [1.82, 2.24) is 10.2 Å². The first kappa shape index (κ1) is 15.9. The number of likely N-dealkylation sites (tertiary alicyclic amines) is 1. The maximum Gasteiger partial charge on any atom is 0.257 e. The summed E-state index contributed by atoms with van der Waals surface area (Å²) in [6.07, 6.45) is 1.26. The van der Waals surface area contributed by atoms with Gasteiger partial charge < -0.3 is 15.3 Å². The van der Waals surface area contributed by atoms with Crippen molar-refractivity contribution in [2.45, 2.75) is 23.7 Å². The second kappa shape index (κ2) is 7.00. The molecular weight excluding hydrogens is 315 g/mol. The number of nitrogens with zero attached hydrogens (tertiary/aromatic N) is 1. The van der Waals surface area contributed by atoms with Gasteiger partial charge in [0, 0.05) is 19.1 Å². The maximum atomic E-state index is 12.3. The Kier molecular flexibility index (Phi) is 5.31. The third-order valence-corrected chi connectivity index (χ3v) is 3.86. The monoisotopic (exact) mass is 330 g/mol. The van der Waals surface area contributed by atoms with Crippen LogP contribution in [-0.2, 0) is 4.79 Å². The van der Waals surface area contributed by atoms with Crippen LogP contribution in [0.3, 0.4) is 0 Å². The summed E-state index contributed by atoms with van der Waals surface area (Å²) in [6, 6.07) is 6.42. The van der Waals surface area contributed by atoms with E-state index in [9.17, 15) is 14.7 Å². The van der Waals surface area contributed by atoms with Crippen LogP contribution in [0.4, 0.5) is 0 Å². The summed E-state index contributed by atoms with van der Waals surface area (Å²) >= 11 is 11.0. The Morgan fingerprint density at radius 3 is 2.43 bits per heavy atom. The highest BCUT2D eigenvalue weighted by atomic mass is 35.5. The number of hydrogen-bond donors (Lipinski definition) is 2. The van der Waals surface area contributed by atoms with E-state index in [0.717, 1.165) is 0 Å². The number of phenolic OH excluding ortho intramolecular Hbond substituents is 1. The minimum atomic E-state index is -1.08. The number of phenols is 1. The largest absolute Gasteiger partial charge is 0.507 e. The number of piperidine rings is 1. The Hall–Kier alpha value is -1.46. The van der Waals surface area contributed by atoms with E-state index in [2.05, 4.69) is 5.32 Å². The van der Waals surface area contributed by atoms with Crippen LogP contribution in [0, 0.1) is 0 Å².